The molecular weight excluding hydrogens is 278 g/mol. The molecule has 1 saturated heterocycles. The summed E-state index contributed by atoms with van der Waals surface area (Å²) in [5.74, 6) is 1.63. The first-order chi connectivity index (χ1) is 10.7. The van der Waals surface area contributed by atoms with Gasteiger partial charge in [0.15, 0.2) is 5.78 Å². The van der Waals surface area contributed by atoms with Crippen molar-refractivity contribution in [2.75, 3.05) is 20.8 Å². The monoisotopic (exact) mass is 301 g/mol. The fourth-order valence-corrected chi connectivity index (χ4v) is 5.02. The highest BCUT2D eigenvalue weighted by molar-refractivity contribution is 5.86. The zero-order valence-corrected chi connectivity index (χ0v) is 13.2. The van der Waals surface area contributed by atoms with Crippen LogP contribution in [0.3, 0.4) is 0 Å². The lowest BCUT2D eigenvalue weighted by atomic mass is 9.52. The molecule has 4 unspecified atom stereocenters. The lowest BCUT2D eigenvalue weighted by Gasteiger charge is -2.56. The zero-order valence-electron chi connectivity index (χ0n) is 13.2. The normalized spacial score (nSPS) is 36.5. The third-order valence-electron chi connectivity index (χ3n) is 6.07. The lowest BCUT2D eigenvalue weighted by Crippen LogP contribution is -2.62. The number of carbonyl (C=O) groups is 1. The molecule has 1 heterocycles. The largest absolute Gasteiger partial charge is 0.497 e. The minimum atomic E-state index is -0.229. The highest BCUT2D eigenvalue weighted by atomic mass is 16.5. The van der Waals surface area contributed by atoms with Crippen LogP contribution in [0.2, 0.25) is 0 Å². The van der Waals surface area contributed by atoms with Crippen LogP contribution in [0, 0.1) is 5.92 Å². The first-order valence-corrected chi connectivity index (χ1v) is 8.14. The van der Waals surface area contributed by atoms with E-state index >= 15 is 0 Å². The summed E-state index contributed by atoms with van der Waals surface area (Å²) in [4.78, 5) is 12.6. The number of nitrogens with one attached hydrogen (secondary N) is 1. The second-order valence-corrected chi connectivity index (χ2v) is 6.90. The summed E-state index contributed by atoms with van der Waals surface area (Å²) in [6, 6.07) is 6.85. The van der Waals surface area contributed by atoms with E-state index in [-0.39, 0.29) is 17.3 Å². The Bertz CT molecular complexity index is 614. The predicted octanol–water partition coefficient (Wildman–Crippen LogP) is 1.85. The van der Waals surface area contributed by atoms with Gasteiger partial charge in [-0.3, -0.25) is 4.79 Å². The van der Waals surface area contributed by atoms with Crippen LogP contribution in [-0.4, -0.2) is 38.7 Å². The molecule has 1 saturated carbocycles. The molecule has 0 amide bonds. The predicted molar refractivity (Wildman–Crippen MR) is 83.3 cm³/mol. The molecule has 118 valence electrons. The highest BCUT2D eigenvalue weighted by Crippen LogP contribution is 2.53. The number of hydrogen-bond acceptors (Lipinski definition) is 4. The van der Waals surface area contributed by atoms with E-state index in [1.165, 1.54) is 11.1 Å². The first-order valence-electron chi connectivity index (χ1n) is 8.14. The zero-order chi connectivity index (χ0) is 15.3. The third kappa shape index (κ3) is 1.87. The van der Waals surface area contributed by atoms with E-state index in [2.05, 4.69) is 17.4 Å². The molecule has 1 N–H and O–H groups in total. The van der Waals surface area contributed by atoms with Gasteiger partial charge in [-0.25, -0.2) is 0 Å². The Morgan fingerprint density at radius 2 is 2.18 bits per heavy atom. The van der Waals surface area contributed by atoms with Gasteiger partial charge in [0.1, 0.15) is 11.9 Å². The Labute approximate surface area is 131 Å². The van der Waals surface area contributed by atoms with Gasteiger partial charge in [-0.15, -0.1) is 0 Å². The molecule has 1 aromatic rings. The van der Waals surface area contributed by atoms with Crippen LogP contribution >= 0.6 is 0 Å². The summed E-state index contributed by atoms with van der Waals surface area (Å²) in [6.07, 6.45) is 3.28. The van der Waals surface area contributed by atoms with Gasteiger partial charge < -0.3 is 14.8 Å². The Hall–Kier alpha value is -1.39. The Balaban J connectivity index is 1.84. The van der Waals surface area contributed by atoms with Crippen LogP contribution < -0.4 is 10.1 Å². The van der Waals surface area contributed by atoms with Gasteiger partial charge in [-0.1, -0.05) is 6.07 Å². The van der Waals surface area contributed by atoms with E-state index in [1.54, 1.807) is 14.2 Å². The van der Waals surface area contributed by atoms with E-state index in [0.29, 0.717) is 18.4 Å². The Kier molecular flexibility index (Phi) is 3.27. The molecule has 1 aliphatic heterocycles. The van der Waals surface area contributed by atoms with E-state index < -0.39 is 0 Å². The third-order valence-corrected chi connectivity index (χ3v) is 6.07. The van der Waals surface area contributed by atoms with E-state index in [4.69, 9.17) is 9.47 Å². The van der Waals surface area contributed by atoms with Crippen LogP contribution in [0.4, 0.5) is 0 Å². The van der Waals surface area contributed by atoms with Gasteiger partial charge in [0.25, 0.3) is 0 Å². The molecule has 4 heteroatoms. The lowest BCUT2D eigenvalue weighted by molar-refractivity contribution is -0.138. The van der Waals surface area contributed by atoms with Crippen molar-refractivity contribution in [2.45, 2.75) is 43.2 Å². The SMILES string of the molecule is COc1ccc2c(c1)C13CCNC(C2)C1CC(OC)C(=O)C3. The molecule has 0 spiro atoms. The maximum atomic E-state index is 12.6. The van der Waals surface area contributed by atoms with Crippen LogP contribution in [0.1, 0.15) is 30.4 Å². The number of piperidine rings is 1. The number of carbonyl (C=O) groups excluding carboxylic acids is 1. The number of fused-ring (bicyclic) bond motifs is 1. The molecule has 4 atom stereocenters. The molecule has 2 bridgehead atoms. The molecule has 2 aliphatic carbocycles. The van der Waals surface area contributed by atoms with Crippen molar-refractivity contribution >= 4 is 5.78 Å². The Morgan fingerprint density at radius 3 is 2.95 bits per heavy atom. The van der Waals surface area contributed by atoms with E-state index in [0.717, 1.165) is 31.6 Å². The van der Waals surface area contributed by atoms with Crippen molar-refractivity contribution in [1.82, 2.24) is 5.32 Å². The summed E-state index contributed by atoms with van der Waals surface area (Å²) < 4.78 is 10.9. The number of methoxy groups -OCH3 is 2. The topological polar surface area (TPSA) is 47.6 Å². The van der Waals surface area contributed by atoms with Crippen molar-refractivity contribution in [2.24, 2.45) is 5.92 Å². The van der Waals surface area contributed by atoms with Gasteiger partial charge >= 0.3 is 0 Å². The van der Waals surface area contributed by atoms with Crippen molar-refractivity contribution in [3.63, 3.8) is 0 Å². The number of hydrogen-bond donors (Lipinski definition) is 1. The van der Waals surface area contributed by atoms with Gasteiger partial charge in [-0.05, 0) is 55.0 Å². The standard InChI is InChI=1S/C18H23NO3/c1-21-12-4-3-11-7-15-14-9-17(22-2)16(20)10-18(14,5-6-19-15)13(11)8-12/h3-4,8,14-15,17,19H,5-7,9-10H2,1-2H3. The molecule has 3 aliphatic rings. The summed E-state index contributed by atoms with van der Waals surface area (Å²) in [7, 11) is 3.36. The number of rotatable bonds is 2. The molecule has 4 nitrogen and oxygen atoms in total. The van der Waals surface area contributed by atoms with Gasteiger partial charge in [0.2, 0.25) is 0 Å². The fourth-order valence-electron chi connectivity index (χ4n) is 5.02. The maximum Gasteiger partial charge on any atom is 0.162 e. The average Bonchev–Trinajstić information content (AvgIpc) is 2.53. The van der Waals surface area contributed by atoms with Crippen LogP contribution in [0.25, 0.3) is 0 Å². The number of ketones is 1. The fraction of sp³-hybridized carbons (Fsp3) is 0.611. The van der Waals surface area contributed by atoms with E-state index in [1.807, 2.05) is 6.07 Å². The van der Waals surface area contributed by atoms with Crippen LogP contribution in [0.15, 0.2) is 18.2 Å². The van der Waals surface area contributed by atoms with E-state index in [9.17, 15) is 4.79 Å². The quantitative estimate of drug-likeness (QED) is 0.905. The smallest absolute Gasteiger partial charge is 0.162 e. The molecule has 22 heavy (non-hydrogen) atoms. The van der Waals surface area contributed by atoms with Crippen molar-refractivity contribution in [3.8, 4) is 5.75 Å². The first kappa shape index (κ1) is 14.2. The number of ether oxygens (including phenoxy) is 2. The van der Waals surface area contributed by atoms with Crippen LogP contribution in [-0.2, 0) is 21.4 Å². The minimum Gasteiger partial charge on any atom is -0.497 e. The molecule has 0 radical (unpaired) electrons. The molecule has 2 fully saturated rings. The van der Waals surface area contributed by atoms with Crippen molar-refractivity contribution in [3.05, 3.63) is 29.3 Å². The van der Waals surface area contributed by atoms with Gasteiger partial charge in [0.05, 0.1) is 7.11 Å². The molecule has 1 aromatic carbocycles. The number of benzene rings is 1. The Morgan fingerprint density at radius 1 is 1.32 bits per heavy atom. The summed E-state index contributed by atoms with van der Waals surface area (Å²) in [5, 5.41) is 3.68. The number of Topliss-reactive ketones (excluding diaryl/α,β-unsaturated/α-hetero) is 1. The molecule has 4 rings (SSSR count). The highest BCUT2D eigenvalue weighted by Gasteiger charge is 2.55. The minimum absolute atomic E-state index is 0.0237. The van der Waals surface area contributed by atoms with Crippen molar-refractivity contribution < 1.29 is 14.3 Å². The molecular formula is C18H23NO3. The van der Waals surface area contributed by atoms with Crippen LogP contribution in [0.5, 0.6) is 5.75 Å². The summed E-state index contributed by atoms with van der Waals surface area (Å²) in [5.41, 5.74) is 2.69. The second kappa shape index (κ2) is 5.07. The van der Waals surface area contributed by atoms with Gasteiger partial charge in [-0.2, -0.15) is 0 Å². The summed E-state index contributed by atoms with van der Waals surface area (Å²) >= 11 is 0. The average molecular weight is 301 g/mol. The summed E-state index contributed by atoms with van der Waals surface area (Å²) in [6.45, 7) is 0.989. The maximum absolute atomic E-state index is 12.6. The second-order valence-electron chi connectivity index (χ2n) is 6.90. The van der Waals surface area contributed by atoms with Crippen molar-refractivity contribution in [1.29, 1.82) is 0 Å². The van der Waals surface area contributed by atoms with Gasteiger partial charge in [0, 0.05) is 25.0 Å². The molecule has 0 aromatic heterocycles.